The third-order valence-corrected chi connectivity index (χ3v) is 2.47. The van der Waals surface area contributed by atoms with E-state index in [4.69, 9.17) is 9.31 Å². The van der Waals surface area contributed by atoms with Crippen molar-refractivity contribution in [2.24, 2.45) is 0 Å². The van der Waals surface area contributed by atoms with Gasteiger partial charge in [0.15, 0.2) is 0 Å². The molecule has 0 amide bonds. The van der Waals surface area contributed by atoms with E-state index < -0.39 is 0 Å². The van der Waals surface area contributed by atoms with Crippen LogP contribution in [-0.2, 0) is 11.3 Å². The molecule has 1 heterocycles. The van der Waals surface area contributed by atoms with Crippen LogP contribution in [0, 0.1) is 0 Å². The fourth-order valence-electron chi connectivity index (χ4n) is 1.78. The van der Waals surface area contributed by atoms with Gasteiger partial charge in [0.05, 0.1) is 6.61 Å². The average Bonchev–Trinajstić information content (AvgIpc) is 2.29. The lowest BCUT2D eigenvalue weighted by Gasteiger charge is -2.18. The van der Waals surface area contributed by atoms with Crippen molar-refractivity contribution in [1.82, 2.24) is 0 Å². The molecule has 3 heteroatoms. The van der Waals surface area contributed by atoms with Crippen molar-refractivity contribution in [3.05, 3.63) is 42.0 Å². The van der Waals surface area contributed by atoms with E-state index in [1.807, 2.05) is 18.2 Å². The summed E-state index contributed by atoms with van der Waals surface area (Å²) in [6, 6.07) is 12.3. The molecule has 2 aromatic carbocycles. The van der Waals surface area contributed by atoms with Crippen LogP contribution >= 0.6 is 0 Å². The topological polar surface area (TPSA) is 18.5 Å². The molecule has 2 aromatic rings. The molecule has 0 unspecified atom stereocenters. The minimum absolute atomic E-state index is 0.594. The third-order valence-electron chi connectivity index (χ3n) is 2.47. The molecular weight excluding hydrogens is 175 g/mol. The molecule has 0 bridgehead atoms. The second kappa shape index (κ2) is 3.03. The summed E-state index contributed by atoms with van der Waals surface area (Å²) >= 11 is 0. The number of hydrogen-bond acceptors (Lipinski definition) is 2. The molecular formula is C11H8BO2. The first-order chi connectivity index (χ1) is 6.95. The van der Waals surface area contributed by atoms with E-state index in [9.17, 15) is 0 Å². The second-order valence-electron chi connectivity index (χ2n) is 3.29. The highest BCUT2D eigenvalue weighted by Gasteiger charge is 2.14. The van der Waals surface area contributed by atoms with E-state index in [1.54, 1.807) is 0 Å². The minimum atomic E-state index is 0.594. The summed E-state index contributed by atoms with van der Waals surface area (Å²) in [6.07, 6.45) is 0. The standard InChI is InChI=1S/C11H8BO2/c1-2-4-9-8(3-1)5-6-11-10(9)7-13-12-14-11/h1-6H,7H2. The second-order valence-corrected chi connectivity index (χ2v) is 3.29. The highest BCUT2D eigenvalue weighted by atomic mass is 16.6. The molecule has 0 saturated carbocycles. The van der Waals surface area contributed by atoms with Crippen LogP contribution in [0.5, 0.6) is 5.75 Å². The first-order valence-electron chi connectivity index (χ1n) is 4.56. The smallest absolute Gasteiger partial charge is 0.537 e. The SMILES string of the molecule is [B]1OCc2c(ccc3ccccc23)O1. The Hall–Kier alpha value is -1.48. The predicted octanol–water partition coefficient (Wildman–Crippen LogP) is 2.28. The molecule has 67 valence electrons. The summed E-state index contributed by atoms with van der Waals surface area (Å²) in [6.45, 7) is 0.594. The van der Waals surface area contributed by atoms with E-state index in [2.05, 4.69) is 18.2 Å². The van der Waals surface area contributed by atoms with Gasteiger partial charge in [-0.3, -0.25) is 0 Å². The molecule has 3 rings (SSSR count). The lowest BCUT2D eigenvalue weighted by atomic mass is 10.0. The van der Waals surface area contributed by atoms with Crippen molar-refractivity contribution >= 4 is 18.5 Å². The summed E-state index contributed by atoms with van der Waals surface area (Å²) in [5, 5.41) is 2.43. The maximum absolute atomic E-state index is 5.28. The lowest BCUT2D eigenvalue weighted by molar-refractivity contribution is 0.254. The Morgan fingerprint density at radius 2 is 2.00 bits per heavy atom. The van der Waals surface area contributed by atoms with Crippen LogP contribution in [0.25, 0.3) is 10.8 Å². The van der Waals surface area contributed by atoms with Crippen LogP contribution in [0.3, 0.4) is 0 Å². The van der Waals surface area contributed by atoms with Crippen molar-refractivity contribution in [3.63, 3.8) is 0 Å². The van der Waals surface area contributed by atoms with Crippen LogP contribution in [0.1, 0.15) is 5.56 Å². The van der Waals surface area contributed by atoms with Crippen molar-refractivity contribution in [1.29, 1.82) is 0 Å². The largest absolute Gasteiger partial charge is 0.572 e. The van der Waals surface area contributed by atoms with Gasteiger partial charge in [-0.1, -0.05) is 30.3 Å². The number of rotatable bonds is 0. The highest BCUT2D eigenvalue weighted by molar-refractivity contribution is 6.20. The van der Waals surface area contributed by atoms with E-state index in [1.165, 1.54) is 18.5 Å². The Morgan fingerprint density at radius 3 is 3.00 bits per heavy atom. The van der Waals surface area contributed by atoms with Crippen LogP contribution in [0.15, 0.2) is 36.4 Å². The zero-order valence-electron chi connectivity index (χ0n) is 7.57. The van der Waals surface area contributed by atoms with Crippen LogP contribution in [0.4, 0.5) is 0 Å². The first kappa shape index (κ1) is 7.89. The van der Waals surface area contributed by atoms with Crippen molar-refractivity contribution < 1.29 is 9.31 Å². The third kappa shape index (κ3) is 1.10. The zero-order chi connectivity index (χ0) is 9.38. The molecule has 1 aliphatic rings. The van der Waals surface area contributed by atoms with Gasteiger partial charge in [-0.2, -0.15) is 0 Å². The summed E-state index contributed by atoms with van der Waals surface area (Å²) in [4.78, 5) is 0. The first-order valence-corrected chi connectivity index (χ1v) is 4.56. The quantitative estimate of drug-likeness (QED) is 0.583. The van der Waals surface area contributed by atoms with Gasteiger partial charge in [0.2, 0.25) is 0 Å². The molecule has 0 saturated heterocycles. The van der Waals surface area contributed by atoms with Crippen LogP contribution in [-0.4, -0.2) is 7.69 Å². The van der Waals surface area contributed by atoms with E-state index >= 15 is 0 Å². The van der Waals surface area contributed by atoms with Gasteiger partial charge in [0.1, 0.15) is 5.75 Å². The van der Waals surface area contributed by atoms with Crippen molar-refractivity contribution in [2.45, 2.75) is 6.61 Å². The number of benzene rings is 2. The monoisotopic (exact) mass is 183 g/mol. The number of hydrogen-bond donors (Lipinski definition) is 0. The van der Waals surface area contributed by atoms with Gasteiger partial charge in [-0.25, -0.2) is 0 Å². The summed E-state index contributed by atoms with van der Waals surface area (Å²) in [5.41, 5.74) is 1.13. The molecule has 0 N–H and O–H groups in total. The van der Waals surface area contributed by atoms with Gasteiger partial charge in [-0.05, 0) is 16.8 Å². The Bertz CT molecular complexity index is 482. The van der Waals surface area contributed by atoms with Gasteiger partial charge >= 0.3 is 7.69 Å². The predicted molar refractivity (Wildman–Crippen MR) is 55.1 cm³/mol. The molecule has 0 aliphatic carbocycles. The van der Waals surface area contributed by atoms with Gasteiger partial charge < -0.3 is 9.31 Å². The zero-order valence-corrected chi connectivity index (χ0v) is 7.57. The maximum atomic E-state index is 5.28. The maximum Gasteiger partial charge on any atom is 0.572 e. The highest BCUT2D eigenvalue weighted by Crippen LogP contribution is 2.30. The molecule has 1 aliphatic heterocycles. The Morgan fingerprint density at radius 1 is 1.07 bits per heavy atom. The molecule has 14 heavy (non-hydrogen) atoms. The van der Waals surface area contributed by atoms with Crippen LogP contribution in [0.2, 0.25) is 0 Å². The lowest BCUT2D eigenvalue weighted by Crippen LogP contribution is -2.15. The van der Waals surface area contributed by atoms with E-state index in [0.29, 0.717) is 6.61 Å². The Labute approximate surface area is 82.8 Å². The molecule has 0 aromatic heterocycles. The molecule has 1 radical (unpaired) electrons. The summed E-state index contributed by atoms with van der Waals surface area (Å²) in [7, 11) is 1.39. The fraction of sp³-hybridized carbons (Fsp3) is 0.0909. The van der Waals surface area contributed by atoms with Gasteiger partial charge in [0, 0.05) is 5.56 Å². The summed E-state index contributed by atoms with van der Waals surface area (Å²) in [5.74, 6) is 0.898. The van der Waals surface area contributed by atoms with Crippen LogP contribution < -0.4 is 4.65 Å². The van der Waals surface area contributed by atoms with Gasteiger partial charge in [0.25, 0.3) is 0 Å². The average molecular weight is 183 g/mol. The summed E-state index contributed by atoms with van der Waals surface area (Å²) < 4.78 is 10.4. The molecule has 0 atom stereocenters. The van der Waals surface area contributed by atoms with Crippen molar-refractivity contribution in [2.75, 3.05) is 0 Å². The number of fused-ring (bicyclic) bond motifs is 3. The molecule has 0 spiro atoms. The van der Waals surface area contributed by atoms with E-state index in [-0.39, 0.29) is 0 Å². The molecule has 0 fully saturated rings. The van der Waals surface area contributed by atoms with Crippen molar-refractivity contribution in [3.8, 4) is 5.75 Å². The minimum Gasteiger partial charge on any atom is -0.537 e. The normalized spacial score (nSPS) is 14.3. The Kier molecular flexibility index (Phi) is 1.71. The fourth-order valence-corrected chi connectivity index (χ4v) is 1.78. The Balaban J connectivity index is 2.34. The van der Waals surface area contributed by atoms with Gasteiger partial charge in [-0.15, -0.1) is 0 Å². The molecule has 2 nitrogen and oxygen atoms in total. The van der Waals surface area contributed by atoms with E-state index in [0.717, 1.165) is 11.3 Å².